The van der Waals surface area contributed by atoms with E-state index in [-0.39, 0.29) is 6.04 Å². The van der Waals surface area contributed by atoms with Crippen molar-refractivity contribution in [3.05, 3.63) is 23.8 Å². The molecule has 5 heteroatoms. The molecule has 0 spiro atoms. The van der Waals surface area contributed by atoms with Crippen molar-refractivity contribution in [2.45, 2.75) is 38.6 Å². The van der Waals surface area contributed by atoms with E-state index < -0.39 is 0 Å². The van der Waals surface area contributed by atoms with Gasteiger partial charge in [0.15, 0.2) is 5.96 Å². The standard InChI is InChI=1S/C20H31N3O2/c1-13(17-11-16(24-3)9-10-19(17)25-4)23-20(21-2)22-12-18(14-5-6-14)15-7-8-15/h9-11,13-15,18H,5-8,12H2,1-4H3,(H2,21,22,23). The quantitative estimate of drug-likeness (QED) is 0.560. The highest BCUT2D eigenvalue weighted by atomic mass is 16.5. The number of nitrogens with zero attached hydrogens (tertiary/aromatic N) is 1. The Labute approximate surface area is 151 Å². The van der Waals surface area contributed by atoms with Crippen molar-refractivity contribution in [2.24, 2.45) is 22.7 Å². The summed E-state index contributed by atoms with van der Waals surface area (Å²) in [4.78, 5) is 4.41. The SMILES string of the molecule is CN=C(NCC(C1CC1)C1CC1)NC(C)c1cc(OC)ccc1OC. The van der Waals surface area contributed by atoms with Crippen molar-refractivity contribution in [1.82, 2.24) is 10.6 Å². The number of nitrogens with one attached hydrogen (secondary N) is 2. The fraction of sp³-hybridized carbons (Fsp3) is 0.650. The Balaban J connectivity index is 1.61. The summed E-state index contributed by atoms with van der Waals surface area (Å²) in [5, 5.41) is 7.03. The first kappa shape index (κ1) is 17.9. The zero-order valence-corrected chi connectivity index (χ0v) is 15.8. The van der Waals surface area contributed by atoms with Gasteiger partial charge in [-0.05, 0) is 68.6 Å². The van der Waals surface area contributed by atoms with Crippen molar-refractivity contribution in [3.63, 3.8) is 0 Å². The Bertz CT molecular complexity index is 597. The van der Waals surface area contributed by atoms with Crippen LogP contribution in [0.5, 0.6) is 11.5 Å². The third kappa shape index (κ3) is 4.59. The summed E-state index contributed by atoms with van der Waals surface area (Å²) >= 11 is 0. The van der Waals surface area contributed by atoms with Crippen LogP contribution in [0.2, 0.25) is 0 Å². The summed E-state index contributed by atoms with van der Waals surface area (Å²) < 4.78 is 10.9. The Morgan fingerprint density at radius 3 is 2.36 bits per heavy atom. The lowest BCUT2D eigenvalue weighted by molar-refractivity contribution is 0.392. The zero-order chi connectivity index (χ0) is 17.8. The van der Waals surface area contributed by atoms with E-state index in [1.165, 1.54) is 25.7 Å². The van der Waals surface area contributed by atoms with Crippen LogP contribution in [0.15, 0.2) is 23.2 Å². The van der Waals surface area contributed by atoms with Crippen molar-refractivity contribution >= 4 is 5.96 Å². The average Bonchev–Trinajstić information content (AvgIpc) is 3.54. The van der Waals surface area contributed by atoms with E-state index in [1.807, 2.05) is 25.2 Å². The van der Waals surface area contributed by atoms with Gasteiger partial charge in [-0.1, -0.05) is 0 Å². The predicted molar refractivity (Wildman–Crippen MR) is 101 cm³/mol. The van der Waals surface area contributed by atoms with Crippen molar-refractivity contribution in [3.8, 4) is 11.5 Å². The number of rotatable bonds is 8. The second kappa shape index (κ2) is 7.98. The van der Waals surface area contributed by atoms with Gasteiger partial charge in [0, 0.05) is 19.2 Å². The molecule has 0 heterocycles. The second-order valence-corrected chi connectivity index (χ2v) is 7.27. The van der Waals surface area contributed by atoms with Crippen LogP contribution in [0.3, 0.4) is 0 Å². The number of ether oxygens (including phenoxy) is 2. The van der Waals surface area contributed by atoms with Gasteiger partial charge in [-0.15, -0.1) is 0 Å². The lowest BCUT2D eigenvalue weighted by atomic mass is 9.98. The lowest BCUT2D eigenvalue weighted by Gasteiger charge is -2.23. The van der Waals surface area contributed by atoms with Gasteiger partial charge in [0.1, 0.15) is 11.5 Å². The number of hydrogen-bond acceptors (Lipinski definition) is 3. The molecule has 2 aliphatic rings. The molecule has 1 atom stereocenters. The summed E-state index contributed by atoms with van der Waals surface area (Å²) in [5.41, 5.74) is 1.06. The number of hydrogen-bond donors (Lipinski definition) is 2. The van der Waals surface area contributed by atoms with E-state index >= 15 is 0 Å². The minimum atomic E-state index is 0.0662. The van der Waals surface area contributed by atoms with Crippen molar-refractivity contribution in [1.29, 1.82) is 0 Å². The molecular weight excluding hydrogens is 314 g/mol. The first-order valence-corrected chi connectivity index (χ1v) is 9.35. The van der Waals surface area contributed by atoms with Crippen LogP contribution >= 0.6 is 0 Å². The molecule has 1 aromatic carbocycles. The zero-order valence-electron chi connectivity index (χ0n) is 15.8. The first-order valence-electron chi connectivity index (χ1n) is 9.35. The highest BCUT2D eigenvalue weighted by Crippen LogP contribution is 2.48. The van der Waals surface area contributed by atoms with Crippen LogP contribution in [0.1, 0.15) is 44.2 Å². The molecule has 2 aliphatic carbocycles. The normalized spacial score (nSPS) is 18.8. The van der Waals surface area contributed by atoms with Crippen molar-refractivity contribution in [2.75, 3.05) is 27.8 Å². The molecule has 138 valence electrons. The second-order valence-electron chi connectivity index (χ2n) is 7.27. The van der Waals surface area contributed by atoms with Crippen LogP contribution < -0.4 is 20.1 Å². The van der Waals surface area contributed by atoms with Crippen LogP contribution in [0.25, 0.3) is 0 Å². The highest BCUT2D eigenvalue weighted by molar-refractivity contribution is 5.80. The van der Waals surface area contributed by atoms with E-state index in [9.17, 15) is 0 Å². The average molecular weight is 345 g/mol. The smallest absolute Gasteiger partial charge is 0.191 e. The van der Waals surface area contributed by atoms with Gasteiger partial charge in [0.2, 0.25) is 0 Å². The number of guanidine groups is 1. The largest absolute Gasteiger partial charge is 0.497 e. The Kier molecular flexibility index (Phi) is 5.71. The lowest BCUT2D eigenvalue weighted by Crippen LogP contribution is -2.41. The maximum absolute atomic E-state index is 5.50. The summed E-state index contributed by atoms with van der Waals surface area (Å²) in [5.74, 6) is 5.23. The van der Waals surface area contributed by atoms with E-state index in [4.69, 9.17) is 9.47 Å². The molecule has 2 N–H and O–H groups in total. The monoisotopic (exact) mass is 345 g/mol. The van der Waals surface area contributed by atoms with Gasteiger partial charge in [-0.3, -0.25) is 4.99 Å². The van der Waals surface area contributed by atoms with Gasteiger partial charge < -0.3 is 20.1 Å². The van der Waals surface area contributed by atoms with Crippen LogP contribution in [0.4, 0.5) is 0 Å². The molecule has 0 radical (unpaired) electrons. The minimum Gasteiger partial charge on any atom is -0.497 e. The Hall–Kier alpha value is -1.91. The molecule has 1 aromatic rings. The Morgan fingerprint density at radius 1 is 1.16 bits per heavy atom. The van der Waals surface area contributed by atoms with Gasteiger partial charge in [-0.2, -0.15) is 0 Å². The van der Waals surface area contributed by atoms with E-state index in [1.54, 1.807) is 14.2 Å². The molecule has 2 saturated carbocycles. The van der Waals surface area contributed by atoms with E-state index in [2.05, 4.69) is 22.5 Å². The molecule has 25 heavy (non-hydrogen) atoms. The molecule has 5 nitrogen and oxygen atoms in total. The minimum absolute atomic E-state index is 0.0662. The third-order valence-electron chi connectivity index (χ3n) is 5.44. The first-order chi connectivity index (χ1) is 12.2. The fourth-order valence-electron chi connectivity index (χ4n) is 3.64. The van der Waals surface area contributed by atoms with E-state index in [0.717, 1.165) is 47.3 Å². The Morgan fingerprint density at radius 2 is 1.84 bits per heavy atom. The summed E-state index contributed by atoms with van der Waals surface area (Å²) in [6, 6.07) is 5.94. The maximum atomic E-state index is 5.50. The molecular formula is C20H31N3O2. The van der Waals surface area contributed by atoms with Crippen LogP contribution in [-0.4, -0.2) is 33.8 Å². The molecule has 0 bridgehead atoms. The van der Waals surface area contributed by atoms with Gasteiger partial charge in [-0.25, -0.2) is 0 Å². The fourth-order valence-corrected chi connectivity index (χ4v) is 3.64. The van der Waals surface area contributed by atoms with Gasteiger partial charge in [0.25, 0.3) is 0 Å². The van der Waals surface area contributed by atoms with Crippen molar-refractivity contribution < 1.29 is 9.47 Å². The summed E-state index contributed by atoms with van der Waals surface area (Å²) in [6.07, 6.45) is 5.64. The molecule has 0 aliphatic heterocycles. The predicted octanol–water partition coefficient (Wildman–Crippen LogP) is 3.37. The van der Waals surface area contributed by atoms with Gasteiger partial charge >= 0.3 is 0 Å². The third-order valence-corrected chi connectivity index (χ3v) is 5.44. The van der Waals surface area contributed by atoms with Crippen LogP contribution in [-0.2, 0) is 0 Å². The molecule has 0 amide bonds. The maximum Gasteiger partial charge on any atom is 0.191 e. The highest BCUT2D eigenvalue weighted by Gasteiger charge is 2.41. The van der Waals surface area contributed by atoms with Crippen LogP contribution in [0, 0.1) is 17.8 Å². The summed E-state index contributed by atoms with van der Waals surface area (Å²) in [7, 11) is 5.20. The number of aliphatic imine (C=N–C) groups is 1. The molecule has 1 unspecified atom stereocenters. The van der Waals surface area contributed by atoms with E-state index in [0.29, 0.717) is 0 Å². The molecule has 3 rings (SSSR count). The topological polar surface area (TPSA) is 54.9 Å². The van der Waals surface area contributed by atoms with Gasteiger partial charge in [0.05, 0.1) is 20.3 Å². The molecule has 0 saturated heterocycles. The number of benzene rings is 1. The molecule has 2 fully saturated rings. The summed E-state index contributed by atoms with van der Waals surface area (Å²) in [6.45, 7) is 3.14. The number of methoxy groups -OCH3 is 2. The molecule has 0 aromatic heterocycles.